The molecule has 0 fully saturated rings. The topological polar surface area (TPSA) is 120 Å². The molecule has 0 aromatic carbocycles. The zero-order valence-corrected chi connectivity index (χ0v) is 10.6. The number of nitro groups is 1. The minimum absolute atomic E-state index is 0.144. The Balaban J connectivity index is 2.11. The van der Waals surface area contributed by atoms with Gasteiger partial charge in [0, 0.05) is 5.69 Å². The van der Waals surface area contributed by atoms with Gasteiger partial charge in [-0.25, -0.2) is 4.98 Å². The van der Waals surface area contributed by atoms with Crippen molar-refractivity contribution in [2.45, 2.75) is 6.92 Å². The number of furan rings is 1. The van der Waals surface area contributed by atoms with Crippen LogP contribution in [0.25, 0.3) is 0 Å². The zero-order valence-electron chi connectivity index (χ0n) is 10.6. The quantitative estimate of drug-likeness (QED) is 0.393. The molecule has 8 heteroatoms. The molecule has 0 amide bonds. The molecule has 2 N–H and O–H groups in total. The van der Waals surface area contributed by atoms with Gasteiger partial charge in [0.25, 0.3) is 0 Å². The molecule has 0 aliphatic carbocycles. The summed E-state index contributed by atoms with van der Waals surface area (Å²) in [5.74, 6) is 0.000194. The summed E-state index contributed by atoms with van der Waals surface area (Å²) in [5.41, 5.74) is 7.03. The Morgan fingerprint density at radius 1 is 1.45 bits per heavy atom. The molecule has 0 radical (unpaired) electrons. The van der Waals surface area contributed by atoms with E-state index >= 15 is 0 Å². The molecule has 2 rings (SSSR count). The van der Waals surface area contributed by atoms with E-state index in [1.807, 2.05) is 13.0 Å². The second-order valence-electron chi connectivity index (χ2n) is 3.83. The first kappa shape index (κ1) is 13.4. The van der Waals surface area contributed by atoms with Crippen LogP contribution in [0.2, 0.25) is 0 Å². The number of hydrogen-bond donors (Lipinski definition) is 1. The van der Waals surface area contributed by atoms with Gasteiger partial charge in [-0.15, -0.1) is 5.10 Å². The summed E-state index contributed by atoms with van der Waals surface area (Å²) in [4.78, 5) is 14.0. The predicted octanol–water partition coefficient (Wildman–Crippen LogP) is 1.63. The van der Waals surface area contributed by atoms with Crippen LogP contribution in [0.4, 0.5) is 5.88 Å². The molecule has 0 spiro atoms. The third-order valence-corrected chi connectivity index (χ3v) is 2.29. The summed E-state index contributed by atoms with van der Waals surface area (Å²) in [6.45, 7) is 1.84. The Labute approximate surface area is 113 Å². The van der Waals surface area contributed by atoms with Crippen LogP contribution in [-0.2, 0) is 0 Å². The minimum Gasteiger partial charge on any atom is -0.400 e. The van der Waals surface area contributed by atoms with Gasteiger partial charge in [0.15, 0.2) is 11.6 Å². The fraction of sp³-hybridized carbons (Fsp3) is 0.0833. The highest BCUT2D eigenvalue weighted by Crippen LogP contribution is 2.13. The molecular weight excluding hydrogens is 262 g/mol. The Morgan fingerprint density at radius 3 is 2.90 bits per heavy atom. The highest BCUT2D eigenvalue weighted by atomic mass is 16.6. The van der Waals surface area contributed by atoms with Crippen molar-refractivity contribution in [1.82, 2.24) is 4.98 Å². The Hall–Kier alpha value is -3.03. The molecular formula is C12H11N5O3. The Kier molecular flexibility index (Phi) is 3.85. The summed E-state index contributed by atoms with van der Waals surface area (Å²) < 4.78 is 4.88. The van der Waals surface area contributed by atoms with Crippen LogP contribution in [0.1, 0.15) is 17.1 Å². The van der Waals surface area contributed by atoms with Gasteiger partial charge in [-0.1, -0.05) is 6.07 Å². The van der Waals surface area contributed by atoms with E-state index in [2.05, 4.69) is 15.2 Å². The van der Waals surface area contributed by atoms with Crippen molar-refractivity contribution in [1.29, 1.82) is 0 Å². The largest absolute Gasteiger partial charge is 0.433 e. The lowest BCUT2D eigenvalue weighted by Crippen LogP contribution is -2.14. The Bertz CT molecular complexity index is 690. The number of rotatable bonds is 4. The summed E-state index contributed by atoms with van der Waals surface area (Å²) in [5, 5.41) is 17.9. The molecule has 0 saturated carbocycles. The molecule has 2 aromatic rings. The molecule has 0 aliphatic rings. The molecule has 0 bridgehead atoms. The average Bonchev–Trinajstić information content (AvgIpc) is 2.87. The van der Waals surface area contributed by atoms with Gasteiger partial charge < -0.3 is 10.2 Å². The third kappa shape index (κ3) is 3.25. The fourth-order valence-electron chi connectivity index (χ4n) is 1.39. The van der Waals surface area contributed by atoms with Crippen LogP contribution < -0.4 is 5.73 Å². The lowest BCUT2D eigenvalue weighted by molar-refractivity contribution is -0.402. The van der Waals surface area contributed by atoms with Crippen LogP contribution in [-0.4, -0.2) is 22.0 Å². The van der Waals surface area contributed by atoms with E-state index in [1.54, 1.807) is 12.1 Å². The average molecular weight is 273 g/mol. The molecule has 0 atom stereocenters. The number of aryl methyl sites for hydroxylation is 1. The van der Waals surface area contributed by atoms with E-state index in [0.29, 0.717) is 5.69 Å². The van der Waals surface area contributed by atoms with Crippen molar-refractivity contribution in [2.75, 3.05) is 0 Å². The number of nitrogens with zero attached hydrogens (tertiary/aromatic N) is 4. The normalized spacial score (nSPS) is 11.9. The van der Waals surface area contributed by atoms with Crippen molar-refractivity contribution < 1.29 is 9.34 Å². The number of hydrogen-bond acceptors (Lipinski definition) is 6. The highest BCUT2D eigenvalue weighted by molar-refractivity contribution is 5.95. The van der Waals surface area contributed by atoms with E-state index < -0.39 is 4.92 Å². The summed E-state index contributed by atoms with van der Waals surface area (Å²) in [6.07, 6.45) is 1.23. The van der Waals surface area contributed by atoms with E-state index in [0.717, 1.165) is 5.69 Å². The lowest BCUT2D eigenvalue weighted by Gasteiger charge is -1.98. The number of nitrogens with two attached hydrogens (primary N) is 1. The summed E-state index contributed by atoms with van der Waals surface area (Å²) in [7, 11) is 0. The number of amidine groups is 1. The first-order chi connectivity index (χ1) is 9.56. The summed E-state index contributed by atoms with van der Waals surface area (Å²) >= 11 is 0. The molecule has 0 saturated heterocycles. The van der Waals surface area contributed by atoms with Crippen LogP contribution in [0, 0.1) is 17.0 Å². The van der Waals surface area contributed by atoms with Gasteiger partial charge >= 0.3 is 5.88 Å². The first-order valence-electron chi connectivity index (χ1n) is 5.61. The smallest absolute Gasteiger partial charge is 0.400 e. The van der Waals surface area contributed by atoms with E-state index in [9.17, 15) is 10.1 Å². The Morgan fingerprint density at radius 2 is 2.25 bits per heavy atom. The second kappa shape index (κ2) is 5.74. The third-order valence-electron chi connectivity index (χ3n) is 2.29. The SMILES string of the molecule is Cc1cccc(/C(N)=N/N=C/c2ccc([N+](=O)[O-])o2)n1. The molecule has 102 valence electrons. The van der Waals surface area contributed by atoms with Gasteiger partial charge in [-0.3, -0.25) is 10.1 Å². The van der Waals surface area contributed by atoms with Crippen molar-refractivity contribution >= 4 is 17.9 Å². The van der Waals surface area contributed by atoms with E-state index in [-0.39, 0.29) is 17.5 Å². The highest BCUT2D eigenvalue weighted by Gasteiger charge is 2.10. The molecule has 2 heterocycles. The van der Waals surface area contributed by atoms with E-state index in [1.165, 1.54) is 18.3 Å². The van der Waals surface area contributed by atoms with Crippen molar-refractivity contribution in [2.24, 2.45) is 15.9 Å². The molecule has 0 unspecified atom stereocenters. The molecule has 2 aromatic heterocycles. The maximum absolute atomic E-state index is 10.4. The molecule has 20 heavy (non-hydrogen) atoms. The minimum atomic E-state index is -0.633. The molecule has 0 aliphatic heterocycles. The van der Waals surface area contributed by atoms with Gasteiger partial charge in [0.05, 0.1) is 12.3 Å². The van der Waals surface area contributed by atoms with Gasteiger partial charge in [-0.05, 0) is 25.1 Å². The fourth-order valence-corrected chi connectivity index (χ4v) is 1.39. The second-order valence-corrected chi connectivity index (χ2v) is 3.83. The van der Waals surface area contributed by atoms with Crippen molar-refractivity contribution in [3.63, 3.8) is 0 Å². The van der Waals surface area contributed by atoms with Crippen LogP contribution in [0.15, 0.2) is 45.0 Å². The van der Waals surface area contributed by atoms with Crippen LogP contribution in [0.3, 0.4) is 0 Å². The van der Waals surface area contributed by atoms with E-state index in [4.69, 9.17) is 10.2 Å². The van der Waals surface area contributed by atoms with Crippen LogP contribution in [0.5, 0.6) is 0 Å². The number of pyridine rings is 1. The first-order valence-corrected chi connectivity index (χ1v) is 5.61. The molecule has 8 nitrogen and oxygen atoms in total. The maximum atomic E-state index is 10.4. The lowest BCUT2D eigenvalue weighted by atomic mass is 10.3. The zero-order chi connectivity index (χ0) is 14.5. The number of aromatic nitrogens is 1. The van der Waals surface area contributed by atoms with Gasteiger partial charge in [0.2, 0.25) is 0 Å². The summed E-state index contributed by atoms with van der Waals surface area (Å²) in [6, 6.07) is 8.00. The van der Waals surface area contributed by atoms with Crippen LogP contribution >= 0.6 is 0 Å². The van der Waals surface area contributed by atoms with Crippen molar-refractivity contribution in [3.8, 4) is 0 Å². The van der Waals surface area contributed by atoms with Gasteiger partial charge in [-0.2, -0.15) is 5.10 Å². The monoisotopic (exact) mass is 273 g/mol. The van der Waals surface area contributed by atoms with Gasteiger partial charge in [0.1, 0.15) is 10.6 Å². The predicted molar refractivity (Wildman–Crippen MR) is 72.7 cm³/mol. The van der Waals surface area contributed by atoms with Crippen molar-refractivity contribution in [3.05, 3.63) is 57.6 Å². The maximum Gasteiger partial charge on any atom is 0.433 e. The standard InChI is InChI=1S/C12H11N5O3/c1-8-3-2-4-10(15-8)12(13)16-14-7-9-5-6-11(20-9)17(18)19/h2-7H,1H3,(H2,13,16)/b14-7+.